The topological polar surface area (TPSA) is 91.5 Å². The standard InChI is InChI=1S/C14H16N4O2/c1-18(2)10-5-3-9(4-6-10)16-13-11(15)7-8-12(17-13)14(19)20/h3-8H,15H2,1-2H3,(H,16,17)(H,19,20). The van der Waals surface area contributed by atoms with Crippen molar-refractivity contribution < 1.29 is 9.90 Å². The van der Waals surface area contributed by atoms with E-state index in [1.165, 1.54) is 12.1 Å². The maximum Gasteiger partial charge on any atom is 0.354 e. The molecule has 0 spiro atoms. The van der Waals surface area contributed by atoms with Crippen LogP contribution in [0.2, 0.25) is 0 Å². The highest BCUT2D eigenvalue weighted by Crippen LogP contribution is 2.23. The molecule has 0 saturated carbocycles. The van der Waals surface area contributed by atoms with Crippen LogP contribution in [0.25, 0.3) is 0 Å². The molecule has 0 fully saturated rings. The van der Waals surface area contributed by atoms with Crippen LogP contribution in [-0.4, -0.2) is 30.2 Å². The number of aromatic carboxylic acids is 1. The van der Waals surface area contributed by atoms with Crippen molar-refractivity contribution in [1.29, 1.82) is 0 Å². The first kappa shape index (κ1) is 13.7. The third kappa shape index (κ3) is 2.97. The van der Waals surface area contributed by atoms with E-state index in [4.69, 9.17) is 10.8 Å². The van der Waals surface area contributed by atoms with Crippen LogP contribution < -0.4 is 16.0 Å². The number of carbonyl (C=O) groups is 1. The number of hydrogen-bond donors (Lipinski definition) is 3. The van der Waals surface area contributed by atoms with E-state index in [9.17, 15) is 4.79 Å². The molecule has 0 radical (unpaired) electrons. The normalized spacial score (nSPS) is 10.1. The van der Waals surface area contributed by atoms with E-state index in [1.54, 1.807) is 0 Å². The summed E-state index contributed by atoms with van der Waals surface area (Å²) < 4.78 is 0. The number of aromatic nitrogens is 1. The Morgan fingerprint density at radius 1 is 1.20 bits per heavy atom. The number of hydrogen-bond acceptors (Lipinski definition) is 5. The van der Waals surface area contributed by atoms with Crippen LogP contribution in [0.4, 0.5) is 22.9 Å². The lowest BCUT2D eigenvalue weighted by molar-refractivity contribution is 0.0690. The summed E-state index contributed by atoms with van der Waals surface area (Å²) in [6, 6.07) is 10.5. The van der Waals surface area contributed by atoms with Crippen LogP contribution in [0, 0.1) is 0 Å². The lowest BCUT2D eigenvalue weighted by Gasteiger charge is -2.14. The maximum atomic E-state index is 10.9. The first-order valence-electron chi connectivity index (χ1n) is 6.01. The maximum absolute atomic E-state index is 10.9. The zero-order valence-electron chi connectivity index (χ0n) is 11.3. The number of nitrogens with zero attached hydrogens (tertiary/aromatic N) is 2. The van der Waals surface area contributed by atoms with Gasteiger partial charge in [0.15, 0.2) is 11.5 Å². The van der Waals surface area contributed by atoms with E-state index in [0.717, 1.165) is 11.4 Å². The highest BCUT2D eigenvalue weighted by Gasteiger charge is 2.08. The van der Waals surface area contributed by atoms with Gasteiger partial charge in [0.25, 0.3) is 0 Å². The summed E-state index contributed by atoms with van der Waals surface area (Å²) in [5, 5.41) is 11.9. The predicted octanol–water partition coefficient (Wildman–Crippen LogP) is 2.17. The Bertz CT molecular complexity index is 624. The first-order valence-corrected chi connectivity index (χ1v) is 6.01. The molecule has 1 heterocycles. The highest BCUT2D eigenvalue weighted by atomic mass is 16.4. The summed E-state index contributed by atoms with van der Waals surface area (Å²) in [6.45, 7) is 0. The molecule has 0 aliphatic carbocycles. The zero-order chi connectivity index (χ0) is 14.7. The van der Waals surface area contributed by atoms with E-state index in [0.29, 0.717) is 11.5 Å². The molecule has 20 heavy (non-hydrogen) atoms. The van der Waals surface area contributed by atoms with Crippen molar-refractivity contribution in [3.63, 3.8) is 0 Å². The molecule has 6 heteroatoms. The smallest absolute Gasteiger partial charge is 0.354 e. The number of benzene rings is 1. The molecule has 0 amide bonds. The van der Waals surface area contributed by atoms with Gasteiger partial charge in [0, 0.05) is 25.5 Å². The number of carboxylic acids is 1. The van der Waals surface area contributed by atoms with Crippen LogP contribution in [0.3, 0.4) is 0 Å². The van der Waals surface area contributed by atoms with Crippen LogP contribution in [0.5, 0.6) is 0 Å². The van der Waals surface area contributed by atoms with Gasteiger partial charge in [-0.3, -0.25) is 0 Å². The predicted molar refractivity (Wildman–Crippen MR) is 79.7 cm³/mol. The Balaban J connectivity index is 2.25. The average Bonchev–Trinajstić information content (AvgIpc) is 2.41. The summed E-state index contributed by atoms with van der Waals surface area (Å²) in [7, 11) is 3.91. The van der Waals surface area contributed by atoms with Crippen molar-refractivity contribution >= 4 is 28.8 Å². The van der Waals surface area contributed by atoms with Gasteiger partial charge in [0.1, 0.15) is 0 Å². The number of pyridine rings is 1. The van der Waals surface area contributed by atoms with Gasteiger partial charge in [-0.2, -0.15) is 0 Å². The molecule has 4 N–H and O–H groups in total. The minimum absolute atomic E-state index is 0.0494. The summed E-state index contributed by atoms with van der Waals surface area (Å²) in [5.74, 6) is -0.751. The molecular formula is C14H16N4O2. The second-order valence-electron chi connectivity index (χ2n) is 4.51. The molecule has 0 atom stereocenters. The molecule has 1 aromatic heterocycles. The summed E-state index contributed by atoms with van der Waals surface area (Å²) in [6.07, 6.45) is 0. The Kier molecular flexibility index (Phi) is 3.74. The second kappa shape index (κ2) is 5.48. The molecule has 0 saturated heterocycles. The molecule has 2 rings (SSSR count). The van der Waals surface area contributed by atoms with Gasteiger partial charge < -0.3 is 21.1 Å². The van der Waals surface area contributed by atoms with Gasteiger partial charge in [-0.15, -0.1) is 0 Å². The summed E-state index contributed by atoms with van der Waals surface area (Å²) >= 11 is 0. The second-order valence-corrected chi connectivity index (χ2v) is 4.51. The Morgan fingerprint density at radius 3 is 2.40 bits per heavy atom. The molecular weight excluding hydrogens is 256 g/mol. The molecule has 104 valence electrons. The van der Waals surface area contributed by atoms with E-state index < -0.39 is 5.97 Å². The fourth-order valence-corrected chi connectivity index (χ4v) is 1.67. The van der Waals surface area contributed by atoms with E-state index in [1.807, 2.05) is 43.3 Å². The van der Waals surface area contributed by atoms with Crippen LogP contribution in [-0.2, 0) is 0 Å². The van der Waals surface area contributed by atoms with E-state index >= 15 is 0 Å². The SMILES string of the molecule is CN(C)c1ccc(Nc2nc(C(=O)O)ccc2N)cc1. The Morgan fingerprint density at radius 2 is 1.85 bits per heavy atom. The number of rotatable bonds is 4. The van der Waals surface area contributed by atoms with Crippen molar-refractivity contribution in [3.05, 3.63) is 42.1 Å². The summed E-state index contributed by atoms with van der Waals surface area (Å²) in [4.78, 5) is 16.9. The number of nitrogen functional groups attached to an aromatic ring is 1. The lowest BCUT2D eigenvalue weighted by Crippen LogP contribution is -2.08. The minimum atomic E-state index is -1.09. The monoisotopic (exact) mass is 272 g/mol. The van der Waals surface area contributed by atoms with Crippen LogP contribution >= 0.6 is 0 Å². The van der Waals surface area contributed by atoms with Crippen molar-refractivity contribution in [1.82, 2.24) is 4.98 Å². The van der Waals surface area contributed by atoms with Gasteiger partial charge in [0.05, 0.1) is 5.69 Å². The number of nitrogens with two attached hydrogens (primary N) is 1. The first-order chi connectivity index (χ1) is 9.47. The van der Waals surface area contributed by atoms with Crippen LogP contribution in [0.1, 0.15) is 10.5 Å². The van der Waals surface area contributed by atoms with Crippen molar-refractivity contribution in [2.75, 3.05) is 30.0 Å². The average molecular weight is 272 g/mol. The van der Waals surface area contributed by atoms with Crippen molar-refractivity contribution in [3.8, 4) is 0 Å². The fraction of sp³-hybridized carbons (Fsp3) is 0.143. The largest absolute Gasteiger partial charge is 0.477 e. The van der Waals surface area contributed by atoms with Crippen molar-refractivity contribution in [2.24, 2.45) is 0 Å². The molecule has 0 unspecified atom stereocenters. The number of nitrogens with one attached hydrogen (secondary N) is 1. The van der Waals surface area contributed by atoms with Gasteiger partial charge in [-0.1, -0.05) is 0 Å². The molecule has 2 aromatic rings. The van der Waals surface area contributed by atoms with Gasteiger partial charge in [0.2, 0.25) is 0 Å². The molecule has 0 aliphatic heterocycles. The molecule has 0 bridgehead atoms. The Labute approximate surface area is 116 Å². The zero-order valence-corrected chi connectivity index (χ0v) is 11.3. The fourth-order valence-electron chi connectivity index (χ4n) is 1.67. The van der Waals surface area contributed by atoms with Gasteiger partial charge in [-0.25, -0.2) is 9.78 Å². The highest BCUT2D eigenvalue weighted by molar-refractivity contribution is 5.87. The quantitative estimate of drug-likeness (QED) is 0.790. The molecule has 1 aromatic carbocycles. The van der Waals surface area contributed by atoms with Crippen molar-refractivity contribution in [2.45, 2.75) is 0 Å². The number of anilines is 4. The molecule has 6 nitrogen and oxygen atoms in total. The van der Waals surface area contributed by atoms with E-state index in [-0.39, 0.29) is 5.69 Å². The third-order valence-electron chi connectivity index (χ3n) is 2.79. The summed E-state index contributed by atoms with van der Waals surface area (Å²) in [5.41, 5.74) is 7.99. The lowest BCUT2D eigenvalue weighted by atomic mass is 10.2. The molecule has 0 aliphatic rings. The third-order valence-corrected chi connectivity index (χ3v) is 2.79. The van der Waals surface area contributed by atoms with Crippen LogP contribution in [0.15, 0.2) is 36.4 Å². The minimum Gasteiger partial charge on any atom is -0.477 e. The Hall–Kier alpha value is -2.76. The number of carboxylic acid groups (broad SMARTS) is 1. The van der Waals surface area contributed by atoms with Gasteiger partial charge >= 0.3 is 5.97 Å². The van der Waals surface area contributed by atoms with E-state index in [2.05, 4.69) is 10.3 Å². The van der Waals surface area contributed by atoms with Gasteiger partial charge in [-0.05, 0) is 36.4 Å².